The molecule has 212 valence electrons. The number of hydrogen-bond acceptors (Lipinski definition) is 2. The van der Waals surface area contributed by atoms with Crippen molar-refractivity contribution in [2.45, 2.75) is 0 Å². The van der Waals surface area contributed by atoms with Crippen LogP contribution in [0.5, 0.6) is 0 Å². The molecule has 0 aliphatic carbocycles. The van der Waals surface area contributed by atoms with E-state index in [0.29, 0.717) is 0 Å². The zero-order valence-electron chi connectivity index (χ0n) is 24.5. The smallest absolute Gasteiger partial charge is 0.159 e. The predicted molar refractivity (Wildman–Crippen MR) is 188 cm³/mol. The molecule has 0 atom stereocenters. The van der Waals surface area contributed by atoms with Gasteiger partial charge in [-0.1, -0.05) is 115 Å². The van der Waals surface area contributed by atoms with Crippen LogP contribution in [-0.2, 0) is 0 Å². The highest BCUT2D eigenvalue weighted by Gasteiger charge is 2.23. The number of rotatable bonds is 5. The van der Waals surface area contributed by atoms with Crippen molar-refractivity contribution in [1.82, 2.24) is 4.57 Å². The lowest BCUT2D eigenvalue weighted by Crippen LogP contribution is -2.10. The van der Waals surface area contributed by atoms with Crippen molar-refractivity contribution < 1.29 is 4.42 Å². The first kappa shape index (κ1) is 25.4. The molecule has 2 heterocycles. The van der Waals surface area contributed by atoms with E-state index in [9.17, 15) is 0 Å². The van der Waals surface area contributed by atoms with E-state index in [1.165, 1.54) is 27.4 Å². The van der Waals surface area contributed by atoms with Gasteiger partial charge in [0.1, 0.15) is 5.58 Å². The number of hydrogen-bond donors (Lipinski definition) is 0. The highest BCUT2D eigenvalue weighted by molar-refractivity contribution is 6.18. The molecule has 0 aliphatic rings. The Kier molecular flexibility index (Phi) is 5.82. The van der Waals surface area contributed by atoms with Gasteiger partial charge in [-0.3, -0.25) is 0 Å². The van der Waals surface area contributed by atoms with E-state index in [4.69, 9.17) is 4.42 Å². The van der Waals surface area contributed by atoms with E-state index in [-0.39, 0.29) is 0 Å². The van der Waals surface area contributed by atoms with Gasteiger partial charge >= 0.3 is 0 Å². The summed E-state index contributed by atoms with van der Waals surface area (Å²) in [6.45, 7) is 0. The molecule has 7 aromatic carbocycles. The number of nitrogens with zero attached hydrogens (tertiary/aromatic N) is 2. The molecular weight excluding hydrogens is 548 g/mol. The molecule has 0 aliphatic heterocycles. The monoisotopic (exact) mass is 576 g/mol. The first-order valence-electron chi connectivity index (χ1n) is 15.3. The summed E-state index contributed by atoms with van der Waals surface area (Å²) in [6, 6.07) is 60.1. The maximum Gasteiger partial charge on any atom is 0.159 e. The second kappa shape index (κ2) is 10.3. The number of anilines is 3. The lowest BCUT2D eigenvalue weighted by molar-refractivity contribution is 0.669. The molecule has 45 heavy (non-hydrogen) atoms. The molecule has 0 saturated heterocycles. The van der Waals surface area contributed by atoms with Crippen LogP contribution in [0.4, 0.5) is 17.1 Å². The summed E-state index contributed by atoms with van der Waals surface area (Å²) in [4.78, 5) is 2.36. The molecule has 0 saturated carbocycles. The number of fused-ring (bicyclic) bond motifs is 6. The van der Waals surface area contributed by atoms with Gasteiger partial charge < -0.3 is 13.9 Å². The van der Waals surface area contributed by atoms with Crippen molar-refractivity contribution in [3.05, 3.63) is 170 Å². The molecule has 3 heteroatoms. The molecule has 9 aromatic rings. The minimum absolute atomic E-state index is 0.870. The highest BCUT2D eigenvalue weighted by atomic mass is 16.3. The second-order valence-corrected chi connectivity index (χ2v) is 11.4. The number of para-hydroxylation sites is 4. The summed E-state index contributed by atoms with van der Waals surface area (Å²) in [5, 5.41) is 4.62. The second-order valence-electron chi connectivity index (χ2n) is 11.4. The number of benzene rings is 7. The predicted octanol–water partition coefficient (Wildman–Crippen LogP) is 11.8. The van der Waals surface area contributed by atoms with Gasteiger partial charge in [-0.05, 0) is 65.7 Å². The van der Waals surface area contributed by atoms with E-state index in [2.05, 4.69) is 167 Å². The Balaban J connectivity index is 1.35. The molecule has 0 bridgehead atoms. The van der Waals surface area contributed by atoms with E-state index >= 15 is 0 Å². The van der Waals surface area contributed by atoms with E-state index < -0.39 is 0 Å². The number of furan rings is 1. The summed E-state index contributed by atoms with van der Waals surface area (Å²) in [6.07, 6.45) is 0. The maximum atomic E-state index is 6.63. The summed E-state index contributed by atoms with van der Waals surface area (Å²) in [5.74, 6) is 0. The zero-order valence-corrected chi connectivity index (χ0v) is 24.5. The zero-order chi connectivity index (χ0) is 29.7. The molecular formula is C42H28N2O. The Bertz CT molecular complexity index is 2470. The average Bonchev–Trinajstić information content (AvgIpc) is 3.66. The van der Waals surface area contributed by atoms with Crippen LogP contribution >= 0.6 is 0 Å². The van der Waals surface area contributed by atoms with Crippen LogP contribution in [0.3, 0.4) is 0 Å². The van der Waals surface area contributed by atoms with Gasteiger partial charge in [0.05, 0.1) is 22.4 Å². The van der Waals surface area contributed by atoms with Crippen molar-refractivity contribution in [2.24, 2.45) is 0 Å². The normalized spacial score (nSPS) is 11.6. The lowest BCUT2D eigenvalue weighted by atomic mass is 10.0. The SMILES string of the molecule is c1ccc(-c2ccc(N(c3cccc4c3oc3ccccc34)c3cccc4c3c3ccccc3n4-c3ccccc3)cc2)cc1. The minimum atomic E-state index is 0.870. The molecule has 2 aromatic heterocycles. The molecule has 0 fully saturated rings. The summed E-state index contributed by atoms with van der Waals surface area (Å²) < 4.78 is 9.00. The van der Waals surface area contributed by atoms with Gasteiger partial charge in [-0.2, -0.15) is 0 Å². The van der Waals surface area contributed by atoms with Crippen molar-refractivity contribution >= 4 is 60.8 Å². The summed E-state index contributed by atoms with van der Waals surface area (Å²) in [7, 11) is 0. The van der Waals surface area contributed by atoms with Crippen molar-refractivity contribution in [3.63, 3.8) is 0 Å². The topological polar surface area (TPSA) is 21.3 Å². The molecule has 9 rings (SSSR count). The third-order valence-electron chi connectivity index (χ3n) is 8.79. The van der Waals surface area contributed by atoms with Crippen LogP contribution in [0.25, 0.3) is 60.6 Å². The van der Waals surface area contributed by atoms with Gasteiger partial charge in [0, 0.05) is 32.9 Å². The standard InChI is InChI=1S/C42H28N2O/c1-3-13-29(14-4-1)30-25-27-32(28-26-30)44(39-23-11-19-34-33-17-8-10-24-40(33)45-42(34)39)38-22-12-21-37-41(38)35-18-7-9-20-36(35)43(37)31-15-5-2-6-16-31/h1-28H. The Morgan fingerprint density at radius 1 is 0.422 bits per heavy atom. The molecule has 0 amide bonds. The van der Waals surface area contributed by atoms with Crippen molar-refractivity contribution in [1.29, 1.82) is 0 Å². The van der Waals surface area contributed by atoms with Crippen LogP contribution in [-0.4, -0.2) is 4.57 Å². The van der Waals surface area contributed by atoms with Crippen LogP contribution in [0.1, 0.15) is 0 Å². The molecule has 3 nitrogen and oxygen atoms in total. The third kappa shape index (κ3) is 4.05. The minimum Gasteiger partial charge on any atom is -0.454 e. The highest BCUT2D eigenvalue weighted by Crippen LogP contribution is 2.47. The van der Waals surface area contributed by atoms with Gasteiger partial charge in [-0.15, -0.1) is 0 Å². The first-order valence-corrected chi connectivity index (χ1v) is 15.3. The summed E-state index contributed by atoms with van der Waals surface area (Å²) in [5.41, 5.74) is 10.8. The van der Waals surface area contributed by atoms with Gasteiger partial charge in [0.15, 0.2) is 5.58 Å². The Morgan fingerprint density at radius 2 is 1.02 bits per heavy atom. The van der Waals surface area contributed by atoms with E-state index in [1.807, 2.05) is 12.1 Å². The van der Waals surface area contributed by atoms with Gasteiger partial charge in [0.25, 0.3) is 0 Å². The van der Waals surface area contributed by atoms with Crippen molar-refractivity contribution in [2.75, 3.05) is 4.90 Å². The van der Waals surface area contributed by atoms with Crippen LogP contribution in [0.2, 0.25) is 0 Å². The van der Waals surface area contributed by atoms with E-state index in [0.717, 1.165) is 50.2 Å². The fourth-order valence-corrected chi connectivity index (χ4v) is 6.79. The first-order chi connectivity index (χ1) is 22.3. The average molecular weight is 577 g/mol. The molecule has 0 radical (unpaired) electrons. The largest absolute Gasteiger partial charge is 0.454 e. The fraction of sp³-hybridized carbons (Fsp3) is 0. The lowest BCUT2D eigenvalue weighted by Gasteiger charge is -2.27. The molecule has 0 spiro atoms. The Morgan fingerprint density at radius 3 is 1.84 bits per heavy atom. The van der Waals surface area contributed by atoms with E-state index in [1.54, 1.807) is 0 Å². The number of aromatic nitrogens is 1. The van der Waals surface area contributed by atoms with Crippen LogP contribution < -0.4 is 4.90 Å². The summed E-state index contributed by atoms with van der Waals surface area (Å²) >= 11 is 0. The van der Waals surface area contributed by atoms with Gasteiger partial charge in [0.2, 0.25) is 0 Å². The Labute approximate surface area is 260 Å². The third-order valence-corrected chi connectivity index (χ3v) is 8.79. The quantitative estimate of drug-likeness (QED) is 0.203. The van der Waals surface area contributed by atoms with Crippen molar-refractivity contribution in [3.8, 4) is 16.8 Å². The van der Waals surface area contributed by atoms with Crippen LogP contribution in [0, 0.1) is 0 Å². The maximum absolute atomic E-state index is 6.63. The molecule has 0 N–H and O–H groups in total. The van der Waals surface area contributed by atoms with Crippen LogP contribution in [0.15, 0.2) is 174 Å². The Hall–Kier alpha value is -6.06. The molecule has 0 unspecified atom stereocenters. The fourth-order valence-electron chi connectivity index (χ4n) is 6.79. The van der Waals surface area contributed by atoms with Gasteiger partial charge in [-0.25, -0.2) is 0 Å².